The molecule has 0 unspecified atom stereocenters. The average Bonchev–Trinajstić information content (AvgIpc) is 1.19. The van der Waals surface area contributed by atoms with E-state index in [0.717, 1.165) is 0 Å². The Morgan fingerprint density at radius 2 is 1.09 bits per heavy atom. The second-order valence-corrected chi connectivity index (χ2v) is 1.63. The largest absolute Gasteiger partial charge is 0.503 e. The van der Waals surface area contributed by atoms with Gasteiger partial charge in [0, 0.05) is 36.5 Å². The number of rotatable bonds is 0. The van der Waals surface area contributed by atoms with E-state index < -0.39 is 16.6 Å². The maximum atomic E-state index is 8.74. The molecule has 0 saturated carbocycles. The van der Waals surface area contributed by atoms with Crippen molar-refractivity contribution in [2.24, 2.45) is 0 Å². The van der Waals surface area contributed by atoms with Gasteiger partial charge in [0.2, 0.25) is 0 Å². The summed E-state index contributed by atoms with van der Waals surface area (Å²) in [5, 5.41) is 13.9. The third-order valence-corrected chi connectivity index (χ3v) is 0. The molecule has 0 aromatic heterocycles. The summed E-state index contributed by atoms with van der Waals surface area (Å²) < 4.78 is 31.6. The summed E-state index contributed by atoms with van der Waals surface area (Å²) in [7, 11) is -4.67. The van der Waals surface area contributed by atoms with Crippen molar-refractivity contribution >= 4 is 16.6 Å². The molecule has 11 heavy (non-hydrogen) atoms. The summed E-state index contributed by atoms with van der Waals surface area (Å²) in [6.45, 7) is 0. The topological polar surface area (TPSA) is 132 Å². The van der Waals surface area contributed by atoms with Gasteiger partial charge < -0.3 is 10.2 Å². The van der Waals surface area contributed by atoms with E-state index in [1.54, 1.807) is 0 Å². The van der Waals surface area contributed by atoms with E-state index >= 15 is 0 Å². The molecule has 0 fully saturated rings. The molecule has 4 N–H and O–H groups in total. The fraction of sp³-hybridized carbons (Fsp3) is 0. The van der Waals surface area contributed by atoms with Crippen LogP contribution in [0.4, 0.5) is 4.79 Å². The smallest absolute Gasteiger partial charge is 0.450 e. The van der Waals surface area contributed by atoms with Crippen LogP contribution in [0.5, 0.6) is 0 Å². The molecule has 0 amide bonds. The summed E-state index contributed by atoms with van der Waals surface area (Å²) in [6.07, 6.45) is -1.83. The third kappa shape index (κ3) is 8820. The van der Waals surface area contributed by atoms with Gasteiger partial charge in [0.05, 0.1) is 0 Å². The van der Waals surface area contributed by atoms with E-state index in [1.165, 1.54) is 0 Å². The summed E-state index contributed by atoms with van der Waals surface area (Å²) in [6, 6.07) is 0. The summed E-state index contributed by atoms with van der Waals surface area (Å²) in [5.74, 6) is 0. The molecule has 0 rings (SSSR count). The molecular formula is CH4MnO7SZn. The molecule has 0 heterocycles. The number of carbonyl (C=O) groups is 1. The quantitative estimate of drug-likeness (QED) is 0.349. The fourth-order valence-corrected chi connectivity index (χ4v) is 0. The van der Waals surface area contributed by atoms with Crippen LogP contribution in [-0.4, -0.2) is 33.9 Å². The van der Waals surface area contributed by atoms with Gasteiger partial charge in [-0.25, -0.2) is 4.79 Å². The fourth-order valence-electron chi connectivity index (χ4n) is 0. The minimum absolute atomic E-state index is 0. The molecule has 10 heteroatoms. The Hall–Kier alpha value is 0.283. The first-order chi connectivity index (χ1) is 3.73. The number of carboxylic acid groups (broad SMARTS) is 2. The van der Waals surface area contributed by atoms with Crippen LogP contribution in [0, 0.1) is 0 Å². The Morgan fingerprint density at radius 1 is 1.09 bits per heavy atom. The SMILES string of the molecule is O=C(O)O.O=S(=O)(O)O.[Mn].[Zn]. The van der Waals surface area contributed by atoms with Gasteiger partial charge in [-0.3, -0.25) is 9.11 Å². The standard InChI is InChI=1S/CH2O3.Mn.H2O4S.Zn/c2-1(3)4;;1-5(2,3)4;/h(H2,2,3,4);;(H2,1,2,3,4);. The Kier molecular flexibility index (Phi) is 21.0. The van der Waals surface area contributed by atoms with Crippen LogP contribution in [0.25, 0.3) is 0 Å². The van der Waals surface area contributed by atoms with Crippen molar-refractivity contribution in [1.82, 2.24) is 0 Å². The predicted molar refractivity (Wildman–Crippen MR) is 24.8 cm³/mol. The monoisotopic (exact) mass is 279 g/mol. The van der Waals surface area contributed by atoms with Gasteiger partial charge in [-0.05, 0) is 0 Å². The van der Waals surface area contributed by atoms with E-state index in [1.807, 2.05) is 0 Å². The van der Waals surface area contributed by atoms with Gasteiger partial charge in [0.15, 0.2) is 0 Å². The van der Waals surface area contributed by atoms with Crippen LogP contribution >= 0.6 is 0 Å². The average molecular weight is 280 g/mol. The Morgan fingerprint density at radius 3 is 1.09 bits per heavy atom. The zero-order valence-electron chi connectivity index (χ0n) is 5.01. The molecule has 1 radical (unpaired) electrons. The van der Waals surface area contributed by atoms with E-state index in [2.05, 4.69) is 0 Å². The molecule has 7 nitrogen and oxygen atoms in total. The molecule has 0 atom stereocenters. The van der Waals surface area contributed by atoms with E-state index in [4.69, 9.17) is 32.5 Å². The van der Waals surface area contributed by atoms with Crippen LogP contribution in [0.15, 0.2) is 0 Å². The summed E-state index contributed by atoms with van der Waals surface area (Å²) >= 11 is 0. The second kappa shape index (κ2) is 10.3. The minimum Gasteiger partial charge on any atom is -0.450 e. The van der Waals surface area contributed by atoms with Crippen molar-refractivity contribution in [1.29, 1.82) is 0 Å². The Labute approximate surface area is 85.6 Å². The van der Waals surface area contributed by atoms with Gasteiger partial charge >= 0.3 is 16.6 Å². The van der Waals surface area contributed by atoms with Crippen LogP contribution in [-0.2, 0) is 46.9 Å². The van der Waals surface area contributed by atoms with Gasteiger partial charge in [-0.15, -0.1) is 0 Å². The van der Waals surface area contributed by atoms with Gasteiger partial charge in [0.1, 0.15) is 0 Å². The number of hydrogen-bond acceptors (Lipinski definition) is 3. The molecule has 65 valence electrons. The van der Waals surface area contributed by atoms with Crippen molar-refractivity contribution in [3.05, 3.63) is 0 Å². The molecule has 0 aliphatic heterocycles. The minimum atomic E-state index is -4.67. The van der Waals surface area contributed by atoms with Crippen molar-refractivity contribution in [2.75, 3.05) is 0 Å². The Balaban J connectivity index is -0.0000000383. The second-order valence-electron chi connectivity index (χ2n) is 0.730. The first-order valence-electron chi connectivity index (χ1n) is 1.35. The van der Waals surface area contributed by atoms with Crippen LogP contribution in [0.1, 0.15) is 0 Å². The van der Waals surface area contributed by atoms with Crippen molar-refractivity contribution < 1.29 is 69.1 Å². The van der Waals surface area contributed by atoms with Crippen LogP contribution < -0.4 is 0 Å². The van der Waals surface area contributed by atoms with E-state index in [0.29, 0.717) is 0 Å². The molecule has 0 saturated heterocycles. The van der Waals surface area contributed by atoms with Crippen molar-refractivity contribution in [3.63, 3.8) is 0 Å². The van der Waals surface area contributed by atoms with Crippen molar-refractivity contribution in [2.45, 2.75) is 0 Å². The summed E-state index contributed by atoms with van der Waals surface area (Å²) in [5.41, 5.74) is 0. The first kappa shape index (κ1) is 22.5. The first-order valence-corrected chi connectivity index (χ1v) is 2.75. The summed E-state index contributed by atoms with van der Waals surface area (Å²) in [4.78, 5) is 8.56. The van der Waals surface area contributed by atoms with Crippen molar-refractivity contribution in [3.8, 4) is 0 Å². The van der Waals surface area contributed by atoms with E-state index in [-0.39, 0.29) is 36.5 Å². The molecule has 0 aromatic carbocycles. The zero-order valence-corrected chi connectivity index (χ0v) is 9.97. The molecule has 0 aromatic rings. The third-order valence-electron chi connectivity index (χ3n) is 0. The maximum absolute atomic E-state index is 8.74. The molecule has 0 bridgehead atoms. The normalized spacial score (nSPS) is 7.45. The molecular weight excluding hydrogens is 276 g/mol. The zero-order chi connectivity index (χ0) is 8.08. The van der Waals surface area contributed by atoms with Gasteiger partial charge in [0.25, 0.3) is 0 Å². The maximum Gasteiger partial charge on any atom is 0.503 e. The van der Waals surface area contributed by atoms with E-state index in [9.17, 15) is 0 Å². The molecule has 0 aliphatic carbocycles. The number of hydrogen-bond donors (Lipinski definition) is 4. The van der Waals surface area contributed by atoms with Crippen LogP contribution in [0.2, 0.25) is 0 Å². The van der Waals surface area contributed by atoms with Gasteiger partial charge in [-0.1, -0.05) is 0 Å². The Bertz CT molecular complexity index is 161. The van der Waals surface area contributed by atoms with Crippen LogP contribution in [0.3, 0.4) is 0 Å². The predicted octanol–water partition coefficient (Wildman–Crippen LogP) is -0.435. The molecule has 0 aliphatic rings. The molecule has 0 spiro atoms. The van der Waals surface area contributed by atoms with Gasteiger partial charge in [-0.2, -0.15) is 8.42 Å².